The average Bonchev–Trinajstić information content (AvgIpc) is 0.907. The lowest BCUT2D eigenvalue weighted by Gasteiger charge is -2.21. The molecule has 0 saturated carbocycles. The molecule has 0 rings (SSSR count). The molecule has 19 heteroatoms. The van der Waals surface area contributed by atoms with Crippen molar-refractivity contribution >= 4 is 39.5 Å². The molecule has 0 spiro atoms. The lowest BCUT2D eigenvalue weighted by molar-refractivity contribution is -0.161. The molecule has 0 aromatic carbocycles. The van der Waals surface area contributed by atoms with Crippen molar-refractivity contribution in [2.75, 3.05) is 39.6 Å². The molecule has 0 radical (unpaired) electrons. The molecule has 596 valence electrons. The van der Waals surface area contributed by atoms with E-state index in [4.69, 9.17) is 37.0 Å². The number of aliphatic hydroxyl groups excluding tert-OH is 1. The van der Waals surface area contributed by atoms with Crippen LogP contribution in [0.15, 0.2) is 60.8 Å². The number of phosphoric ester groups is 2. The average molecular weight is 1480 g/mol. The van der Waals surface area contributed by atoms with E-state index in [0.29, 0.717) is 32.1 Å². The third kappa shape index (κ3) is 75.0. The zero-order chi connectivity index (χ0) is 74.6. The van der Waals surface area contributed by atoms with E-state index in [1.165, 1.54) is 193 Å². The molecular weight excluding hydrogens is 1330 g/mol. The molecule has 0 aliphatic heterocycles. The normalized spacial score (nSPS) is 14.1. The van der Waals surface area contributed by atoms with Crippen LogP contribution in [0.25, 0.3) is 0 Å². The van der Waals surface area contributed by atoms with Gasteiger partial charge in [0, 0.05) is 25.7 Å². The summed E-state index contributed by atoms with van der Waals surface area (Å²) in [6.07, 6.45) is 76.3. The van der Waals surface area contributed by atoms with Gasteiger partial charge in [-0.05, 0) is 89.9 Å². The minimum atomic E-state index is -4.99. The number of carbonyl (C=O) groups excluding carboxylic acids is 4. The van der Waals surface area contributed by atoms with Crippen molar-refractivity contribution in [2.24, 2.45) is 0 Å². The number of ether oxygens (including phenoxy) is 4. The van der Waals surface area contributed by atoms with E-state index in [2.05, 4.69) is 76.3 Å². The van der Waals surface area contributed by atoms with Gasteiger partial charge in [0.1, 0.15) is 19.3 Å². The number of hydrogen-bond donors (Lipinski definition) is 3. The first-order chi connectivity index (χ1) is 49.7. The first-order valence-corrected chi connectivity index (χ1v) is 44.5. The molecule has 5 atom stereocenters. The van der Waals surface area contributed by atoms with Crippen LogP contribution in [0.2, 0.25) is 0 Å². The number of aliphatic hydroxyl groups is 1. The molecule has 0 aromatic heterocycles. The number of rotatable bonds is 79. The highest BCUT2D eigenvalue weighted by molar-refractivity contribution is 7.47. The zero-order valence-electron chi connectivity index (χ0n) is 65.3. The summed E-state index contributed by atoms with van der Waals surface area (Å²) in [5, 5.41) is 10.6. The quantitative estimate of drug-likeness (QED) is 0.0169. The van der Waals surface area contributed by atoms with Crippen molar-refractivity contribution in [3.8, 4) is 0 Å². The Kier molecular flexibility index (Phi) is 73.6. The molecule has 17 nitrogen and oxygen atoms in total. The fraction of sp³-hybridized carbons (Fsp3) is 0.831. The Bertz CT molecular complexity index is 2170. The summed E-state index contributed by atoms with van der Waals surface area (Å²) in [7, 11) is -9.96. The summed E-state index contributed by atoms with van der Waals surface area (Å²) in [4.78, 5) is 73.0. The number of unbranched alkanes of at least 4 members (excludes halogenated alkanes) is 43. The SMILES string of the molecule is CCCCC/C=C\C/C=C\C/C=C\C/C=C\CCCC(=O)O[C@H](COC(=O)CCCCCCC/C=C\CCCCCCCC)COP(=O)(O)OC[C@@H](O)COP(=O)(O)OC[C@@H](COC(=O)CCCCCCCCCCCCCCCCCCC)OC(=O)CCCCCCCCCCCCCCC. The molecule has 0 amide bonds. The van der Waals surface area contributed by atoms with Crippen LogP contribution in [-0.2, 0) is 65.4 Å². The zero-order valence-corrected chi connectivity index (χ0v) is 67.1. The molecule has 0 fully saturated rings. The van der Waals surface area contributed by atoms with E-state index in [1.807, 2.05) is 12.2 Å². The highest BCUT2D eigenvalue weighted by Gasteiger charge is 2.30. The largest absolute Gasteiger partial charge is 0.472 e. The fourth-order valence-electron chi connectivity index (χ4n) is 11.6. The maximum atomic E-state index is 13.1. The maximum absolute atomic E-state index is 13.1. The maximum Gasteiger partial charge on any atom is 0.472 e. The van der Waals surface area contributed by atoms with E-state index in [9.17, 15) is 43.2 Å². The van der Waals surface area contributed by atoms with Crippen molar-refractivity contribution < 1.29 is 80.2 Å². The molecule has 3 N–H and O–H groups in total. The monoisotopic (exact) mass is 1480 g/mol. The van der Waals surface area contributed by atoms with Gasteiger partial charge in [-0.3, -0.25) is 37.3 Å². The Morgan fingerprint density at radius 1 is 0.275 bits per heavy atom. The summed E-state index contributed by atoms with van der Waals surface area (Å²) in [6.45, 7) is 4.86. The minimum absolute atomic E-state index is 0.0216. The van der Waals surface area contributed by atoms with Gasteiger partial charge in [-0.25, -0.2) is 9.13 Å². The fourth-order valence-corrected chi connectivity index (χ4v) is 13.2. The number of phosphoric acid groups is 2. The predicted molar refractivity (Wildman–Crippen MR) is 418 cm³/mol. The van der Waals surface area contributed by atoms with Gasteiger partial charge in [-0.2, -0.15) is 0 Å². The molecule has 0 heterocycles. The Morgan fingerprint density at radius 3 is 0.804 bits per heavy atom. The summed E-state index contributed by atoms with van der Waals surface area (Å²) in [5.74, 6) is -2.21. The highest BCUT2D eigenvalue weighted by atomic mass is 31.2. The predicted octanol–water partition coefficient (Wildman–Crippen LogP) is 24.2. The van der Waals surface area contributed by atoms with Gasteiger partial charge in [0.05, 0.1) is 26.4 Å². The van der Waals surface area contributed by atoms with Gasteiger partial charge < -0.3 is 33.8 Å². The lowest BCUT2D eigenvalue weighted by Crippen LogP contribution is -2.30. The van der Waals surface area contributed by atoms with Crippen LogP contribution in [0.3, 0.4) is 0 Å². The number of allylic oxidation sites excluding steroid dienone is 10. The first kappa shape index (κ1) is 98.8. The van der Waals surface area contributed by atoms with Crippen LogP contribution in [0.4, 0.5) is 0 Å². The highest BCUT2D eigenvalue weighted by Crippen LogP contribution is 2.45. The van der Waals surface area contributed by atoms with Crippen LogP contribution in [0, 0.1) is 0 Å². The lowest BCUT2D eigenvalue weighted by atomic mass is 10.0. The van der Waals surface area contributed by atoms with Gasteiger partial charge in [-0.1, -0.05) is 332 Å². The Balaban J connectivity index is 5.36. The first-order valence-electron chi connectivity index (χ1n) is 41.5. The van der Waals surface area contributed by atoms with E-state index >= 15 is 0 Å². The third-order valence-electron chi connectivity index (χ3n) is 18.0. The van der Waals surface area contributed by atoms with Gasteiger partial charge in [-0.15, -0.1) is 0 Å². The van der Waals surface area contributed by atoms with Gasteiger partial charge in [0.15, 0.2) is 12.2 Å². The van der Waals surface area contributed by atoms with E-state index in [0.717, 1.165) is 109 Å². The topological polar surface area (TPSA) is 237 Å². The second kappa shape index (κ2) is 76.0. The molecule has 2 unspecified atom stereocenters. The summed E-state index contributed by atoms with van der Waals surface area (Å²) in [5.41, 5.74) is 0. The van der Waals surface area contributed by atoms with Gasteiger partial charge in [0.25, 0.3) is 0 Å². The van der Waals surface area contributed by atoms with E-state index < -0.39 is 97.5 Å². The summed E-state index contributed by atoms with van der Waals surface area (Å²) >= 11 is 0. The summed E-state index contributed by atoms with van der Waals surface area (Å²) in [6, 6.07) is 0. The second-order valence-electron chi connectivity index (χ2n) is 28.1. The summed E-state index contributed by atoms with van der Waals surface area (Å²) < 4.78 is 68.6. The molecule has 0 aromatic rings. The van der Waals surface area contributed by atoms with E-state index in [-0.39, 0.29) is 25.7 Å². The molecule has 0 bridgehead atoms. The number of carbonyl (C=O) groups is 4. The van der Waals surface area contributed by atoms with E-state index in [1.54, 1.807) is 0 Å². The molecule has 102 heavy (non-hydrogen) atoms. The van der Waals surface area contributed by atoms with Crippen molar-refractivity contribution in [2.45, 2.75) is 406 Å². The van der Waals surface area contributed by atoms with Crippen LogP contribution in [0.5, 0.6) is 0 Å². The molecule has 0 aliphatic rings. The Labute approximate surface area is 622 Å². The minimum Gasteiger partial charge on any atom is -0.462 e. The number of esters is 4. The van der Waals surface area contributed by atoms with Crippen LogP contribution < -0.4 is 0 Å². The Hall–Kier alpha value is -3.24. The van der Waals surface area contributed by atoms with Crippen LogP contribution in [0.1, 0.15) is 387 Å². The van der Waals surface area contributed by atoms with Gasteiger partial charge in [0.2, 0.25) is 0 Å². The van der Waals surface area contributed by atoms with Crippen molar-refractivity contribution in [1.82, 2.24) is 0 Å². The number of hydrogen-bond acceptors (Lipinski definition) is 15. The third-order valence-corrected chi connectivity index (χ3v) is 19.9. The smallest absolute Gasteiger partial charge is 0.462 e. The molecule has 0 aliphatic carbocycles. The van der Waals surface area contributed by atoms with Crippen molar-refractivity contribution in [1.29, 1.82) is 0 Å². The van der Waals surface area contributed by atoms with Crippen molar-refractivity contribution in [3.05, 3.63) is 60.8 Å². The standard InChI is InChI=1S/C83H152O17P2/c1-5-9-13-17-21-25-29-33-36-38-41-45-48-52-56-60-64-68-81(86)94-73-78(99-82(87)69-65-61-57-53-49-43-32-28-24-20-16-12-8-4)75-97-101(89,90)95-71-77(84)72-96-102(91,92)98-76-79(74-93-80(85)67-63-59-55-51-47-44-40-35-31-27-23-19-15-11-7-3)100-83(88)70-66-62-58-54-50-46-42-39-37-34-30-26-22-18-14-10-6-2/h22,26,34-35,37,40,42,46,54,58,77-79,84H,5-21,23-25,27-33,36,38-39,41,43-45,47-53,55-57,59-76H2,1-4H3,(H,89,90)(H,91,92)/b26-22-,37-34-,40-35-,46-42-,58-54-/t77-,78+,79+/m0/s1. The van der Waals surface area contributed by atoms with Crippen LogP contribution >= 0.6 is 15.6 Å². The van der Waals surface area contributed by atoms with Crippen molar-refractivity contribution in [3.63, 3.8) is 0 Å². The Morgan fingerprint density at radius 2 is 0.490 bits per heavy atom. The second-order valence-corrected chi connectivity index (χ2v) is 31.0. The van der Waals surface area contributed by atoms with Crippen LogP contribution in [-0.4, -0.2) is 96.7 Å². The molecular formula is C83H152O17P2. The van der Waals surface area contributed by atoms with Gasteiger partial charge >= 0.3 is 39.5 Å². The molecule has 0 saturated heterocycles.